The molecule has 0 aromatic carbocycles. The average molecular weight is 188 g/mol. The maximum absolute atomic E-state index is 2.57. The molecule has 0 bridgehead atoms. The summed E-state index contributed by atoms with van der Waals surface area (Å²) in [5.74, 6) is 0. The summed E-state index contributed by atoms with van der Waals surface area (Å²) < 4.78 is 0. The third-order valence-corrected chi connectivity index (χ3v) is 3.47. The molecule has 0 saturated carbocycles. The van der Waals surface area contributed by atoms with Gasteiger partial charge < -0.3 is 4.90 Å². The number of likely N-dealkylation sites (N-methyl/N-ethyl adjacent to an activating group) is 1. The number of hydrogen-bond donors (Lipinski definition) is 0. The number of rotatable bonds is 3. The van der Waals surface area contributed by atoms with Crippen LogP contribution in [0.4, 0.5) is 0 Å². The molecule has 1 aliphatic rings. The van der Waals surface area contributed by atoms with Crippen LogP contribution in [0.15, 0.2) is 0 Å². The van der Waals surface area contributed by atoms with E-state index in [4.69, 9.17) is 0 Å². The molecule has 0 N–H and O–H groups in total. The Kier molecular flexibility index (Phi) is 4.40. The average Bonchev–Trinajstić information content (AvgIpc) is 2.09. The Morgan fingerprint density at radius 1 is 1.25 bits per heavy atom. The molecule has 0 aromatic rings. The van der Waals surface area contributed by atoms with E-state index >= 15 is 0 Å². The molecule has 0 aliphatic carbocycles. The molecule has 0 amide bonds. The maximum atomic E-state index is 2.57. The Balaban J connectivity index is 2.17. The number of piperazine rings is 1. The highest BCUT2D eigenvalue weighted by molar-refractivity contribution is 7.99. The second-order valence-corrected chi connectivity index (χ2v) is 4.93. The molecule has 3 heteroatoms. The minimum atomic E-state index is 0.786. The van der Waals surface area contributed by atoms with Crippen molar-refractivity contribution < 1.29 is 0 Å². The van der Waals surface area contributed by atoms with Crippen molar-refractivity contribution >= 4 is 11.8 Å². The van der Waals surface area contributed by atoms with E-state index < -0.39 is 0 Å². The first-order valence-electron chi connectivity index (χ1n) is 4.66. The summed E-state index contributed by atoms with van der Waals surface area (Å²) >= 11 is 1.96. The van der Waals surface area contributed by atoms with E-state index in [9.17, 15) is 0 Å². The monoisotopic (exact) mass is 188 g/mol. The Morgan fingerprint density at radius 3 is 2.33 bits per heavy atom. The van der Waals surface area contributed by atoms with Gasteiger partial charge in [-0.1, -0.05) is 6.92 Å². The fourth-order valence-corrected chi connectivity index (χ4v) is 1.83. The summed E-state index contributed by atoms with van der Waals surface area (Å²) in [6, 6.07) is 0. The van der Waals surface area contributed by atoms with Crippen molar-refractivity contribution in [3.05, 3.63) is 0 Å². The summed E-state index contributed by atoms with van der Waals surface area (Å²) in [6.07, 6.45) is 2.20. The largest absolute Gasteiger partial charge is 0.304 e. The molecule has 0 spiro atoms. The summed E-state index contributed by atoms with van der Waals surface area (Å²) in [6.45, 7) is 8.54. The predicted octanol–water partition coefficient (Wildman–Crippen LogP) is 0.985. The van der Waals surface area contributed by atoms with Crippen LogP contribution in [0.25, 0.3) is 0 Å². The molecule has 0 radical (unpaired) electrons. The van der Waals surface area contributed by atoms with Gasteiger partial charge in [-0.3, -0.25) is 4.90 Å². The van der Waals surface area contributed by atoms with Gasteiger partial charge in [0.1, 0.15) is 0 Å². The van der Waals surface area contributed by atoms with E-state index in [1.54, 1.807) is 0 Å². The minimum absolute atomic E-state index is 0.786. The lowest BCUT2D eigenvalue weighted by Crippen LogP contribution is -2.46. The van der Waals surface area contributed by atoms with Crippen LogP contribution in [0.1, 0.15) is 6.92 Å². The van der Waals surface area contributed by atoms with Gasteiger partial charge in [-0.25, -0.2) is 0 Å². The molecule has 1 rings (SSSR count). The predicted molar refractivity (Wildman–Crippen MR) is 56.9 cm³/mol. The molecule has 1 saturated heterocycles. The van der Waals surface area contributed by atoms with Crippen molar-refractivity contribution in [2.24, 2.45) is 0 Å². The molecule has 0 aromatic heterocycles. The summed E-state index contributed by atoms with van der Waals surface area (Å²) in [5.41, 5.74) is 0. The minimum Gasteiger partial charge on any atom is -0.304 e. The van der Waals surface area contributed by atoms with Crippen LogP contribution in [-0.4, -0.2) is 61.1 Å². The first-order valence-corrected chi connectivity index (χ1v) is 5.95. The Morgan fingerprint density at radius 2 is 1.83 bits per heavy atom. The zero-order chi connectivity index (χ0) is 8.97. The van der Waals surface area contributed by atoms with E-state index in [0.717, 1.165) is 5.25 Å². The fraction of sp³-hybridized carbons (Fsp3) is 1.00. The van der Waals surface area contributed by atoms with Crippen LogP contribution in [0.3, 0.4) is 0 Å². The van der Waals surface area contributed by atoms with E-state index in [1.807, 2.05) is 11.8 Å². The van der Waals surface area contributed by atoms with Gasteiger partial charge in [-0.05, 0) is 13.3 Å². The standard InChI is InChI=1S/C9H20N2S/c1-9(12-3)8-11-6-4-10(2)5-7-11/h9H,4-8H2,1-3H3/t9-/m0/s1. The van der Waals surface area contributed by atoms with Crippen LogP contribution >= 0.6 is 11.8 Å². The maximum Gasteiger partial charge on any atom is 0.0143 e. The van der Waals surface area contributed by atoms with Crippen LogP contribution in [0.5, 0.6) is 0 Å². The van der Waals surface area contributed by atoms with Gasteiger partial charge in [0.25, 0.3) is 0 Å². The number of hydrogen-bond acceptors (Lipinski definition) is 3. The van der Waals surface area contributed by atoms with Gasteiger partial charge in [0, 0.05) is 38.0 Å². The van der Waals surface area contributed by atoms with Crippen LogP contribution in [0, 0.1) is 0 Å². The van der Waals surface area contributed by atoms with Crippen LogP contribution in [-0.2, 0) is 0 Å². The fourth-order valence-electron chi connectivity index (χ4n) is 1.47. The molecular weight excluding hydrogens is 168 g/mol. The van der Waals surface area contributed by atoms with E-state index in [0.29, 0.717) is 0 Å². The van der Waals surface area contributed by atoms with Crippen molar-refractivity contribution in [1.82, 2.24) is 9.80 Å². The zero-order valence-electron chi connectivity index (χ0n) is 8.42. The second kappa shape index (κ2) is 5.10. The SMILES string of the molecule is CS[C@@H](C)CN1CCN(C)CC1. The Bertz CT molecular complexity index is 122. The van der Waals surface area contributed by atoms with Crippen molar-refractivity contribution in [2.45, 2.75) is 12.2 Å². The molecule has 0 unspecified atom stereocenters. The lowest BCUT2D eigenvalue weighted by molar-refractivity contribution is 0.156. The highest BCUT2D eigenvalue weighted by Crippen LogP contribution is 2.08. The van der Waals surface area contributed by atoms with Crippen LogP contribution < -0.4 is 0 Å². The Labute approximate surface area is 80.3 Å². The zero-order valence-corrected chi connectivity index (χ0v) is 9.23. The van der Waals surface area contributed by atoms with E-state index in [2.05, 4.69) is 30.0 Å². The Hall–Kier alpha value is 0.270. The summed E-state index contributed by atoms with van der Waals surface area (Å²) in [5, 5.41) is 0.786. The van der Waals surface area contributed by atoms with Crippen LogP contribution in [0.2, 0.25) is 0 Å². The highest BCUT2D eigenvalue weighted by atomic mass is 32.2. The van der Waals surface area contributed by atoms with Gasteiger partial charge in [-0.2, -0.15) is 11.8 Å². The molecule has 2 nitrogen and oxygen atoms in total. The van der Waals surface area contributed by atoms with Crippen molar-refractivity contribution in [2.75, 3.05) is 46.0 Å². The van der Waals surface area contributed by atoms with Gasteiger partial charge in [0.05, 0.1) is 0 Å². The van der Waals surface area contributed by atoms with Crippen molar-refractivity contribution in [3.63, 3.8) is 0 Å². The molecule has 1 aliphatic heterocycles. The molecule has 1 fully saturated rings. The molecular formula is C9H20N2S. The molecule has 72 valence electrons. The van der Waals surface area contributed by atoms with Gasteiger partial charge in [-0.15, -0.1) is 0 Å². The third-order valence-electron chi connectivity index (χ3n) is 2.51. The van der Waals surface area contributed by atoms with Gasteiger partial charge in [0.15, 0.2) is 0 Å². The molecule has 1 heterocycles. The first-order chi connectivity index (χ1) is 5.72. The van der Waals surface area contributed by atoms with Crippen molar-refractivity contribution in [1.29, 1.82) is 0 Å². The van der Waals surface area contributed by atoms with E-state index in [-0.39, 0.29) is 0 Å². The third kappa shape index (κ3) is 3.33. The lowest BCUT2D eigenvalue weighted by atomic mass is 10.3. The molecule has 12 heavy (non-hydrogen) atoms. The highest BCUT2D eigenvalue weighted by Gasteiger charge is 2.14. The quantitative estimate of drug-likeness (QED) is 0.652. The van der Waals surface area contributed by atoms with Gasteiger partial charge in [0.2, 0.25) is 0 Å². The summed E-state index contributed by atoms with van der Waals surface area (Å²) in [4.78, 5) is 4.97. The lowest BCUT2D eigenvalue weighted by Gasteiger charge is -2.33. The summed E-state index contributed by atoms with van der Waals surface area (Å²) in [7, 11) is 2.20. The molecule has 1 atom stereocenters. The topological polar surface area (TPSA) is 6.48 Å². The van der Waals surface area contributed by atoms with Gasteiger partial charge >= 0.3 is 0 Å². The number of nitrogens with zero attached hydrogens (tertiary/aromatic N) is 2. The smallest absolute Gasteiger partial charge is 0.0143 e. The first kappa shape index (κ1) is 10.4. The normalized spacial score (nSPS) is 24.2. The second-order valence-electron chi connectivity index (χ2n) is 3.65. The van der Waals surface area contributed by atoms with E-state index in [1.165, 1.54) is 32.7 Å². The van der Waals surface area contributed by atoms with Crippen molar-refractivity contribution in [3.8, 4) is 0 Å². The number of thioether (sulfide) groups is 1.